The molecular weight excluding hydrogens is 424 g/mol. The van der Waals surface area contributed by atoms with Crippen molar-refractivity contribution in [2.24, 2.45) is 0 Å². The molecule has 1 N–H and O–H groups in total. The fraction of sp³-hybridized carbons (Fsp3) is 0.348. The molecule has 0 amide bonds. The molecule has 1 fully saturated rings. The number of aromatic nitrogens is 3. The normalized spacial score (nSPS) is 15.9. The first-order valence-corrected chi connectivity index (χ1v) is 9.96. The molecule has 2 aromatic heterocycles. The Kier molecular flexibility index (Phi) is 5.19. The van der Waals surface area contributed by atoms with Crippen LogP contribution in [0.3, 0.4) is 0 Å². The Morgan fingerprint density at radius 1 is 1.28 bits per heavy atom. The summed E-state index contributed by atoms with van der Waals surface area (Å²) in [7, 11) is 0. The number of nitrogens with one attached hydrogen (secondary N) is 1. The van der Waals surface area contributed by atoms with Gasteiger partial charge in [0.15, 0.2) is 0 Å². The molecule has 9 heteroatoms. The van der Waals surface area contributed by atoms with E-state index in [0.717, 1.165) is 6.07 Å². The minimum atomic E-state index is -4.52. The number of alkyl halides is 4. The summed E-state index contributed by atoms with van der Waals surface area (Å²) in [5.74, 6) is 3.09. The lowest BCUT2D eigenvalue weighted by Crippen LogP contribution is -2.31. The second-order valence-corrected chi connectivity index (χ2v) is 8.02. The van der Waals surface area contributed by atoms with Crippen molar-refractivity contribution in [3.05, 3.63) is 63.3 Å². The van der Waals surface area contributed by atoms with Crippen LogP contribution >= 0.6 is 0 Å². The van der Waals surface area contributed by atoms with E-state index in [1.165, 1.54) is 35.9 Å². The number of aryl methyl sites for hydroxylation is 1. The van der Waals surface area contributed by atoms with Gasteiger partial charge in [0.2, 0.25) is 0 Å². The van der Waals surface area contributed by atoms with Crippen LogP contribution in [0.5, 0.6) is 0 Å². The molecule has 1 aliphatic carbocycles. The van der Waals surface area contributed by atoms with Gasteiger partial charge < -0.3 is 9.88 Å². The van der Waals surface area contributed by atoms with Crippen molar-refractivity contribution in [1.29, 1.82) is 0 Å². The number of hydrogen-bond acceptors (Lipinski definition) is 4. The molecule has 5 nitrogen and oxygen atoms in total. The second kappa shape index (κ2) is 7.62. The van der Waals surface area contributed by atoms with E-state index >= 15 is 0 Å². The monoisotopic (exact) mass is 444 g/mol. The van der Waals surface area contributed by atoms with E-state index in [2.05, 4.69) is 21.2 Å². The van der Waals surface area contributed by atoms with Crippen molar-refractivity contribution in [2.75, 3.05) is 12.0 Å². The van der Waals surface area contributed by atoms with Gasteiger partial charge in [0.05, 0.1) is 22.0 Å². The highest BCUT2D eigenvalue weighted by Gasteiger charge is 2.45. The minimum absolute atomic E-state index is 0.0109. The topological polar surface area (TPSA) is 59.8 Å². The van der Waals surface area contributed by atoms with Gasteiger partial charge in [0.25, 0.3) is 5.56 Å². The van der Waals surface area contributed by atoms with Crippen LogP contribution in [-0.2, 0) is 11.7 Å². The molecule has 1 aliphatic rings. The molecule has 0 unspecified atom stereocenters. The van der Waals surface area contributed by atoms with Gasteiger partial charge in [-0.25, -0.2) is 14.4 Å². The lowest BCUT2D eigenvalue weighted by molar-refractivity contribution is -0.138. The van der Waals surface area contributed by atoms with E-state index in [1.807, 2.05) is 0 Å². The molecule has 4 rings (SSSR count). The molecule has 0 bridgehead atoms. The predicted octanol–water partition coefficient (Wildman–Crippen LogP) is 4.67. The molecule has 0 aliphatic heterocycles. The molecule has 2 heterocycles. The van der Waals surface area contributed by atoms with E-state index in [4.69, 9.17) is 6.42 Å². The molecule has 32 heavy (non-hydrogen) atoms. The zero-order valence-corrected chi connectivity index (χ0v) is 17.4. The Hall–Kier alpha value is -3.41. The predicted molar refractivity (Wildman–Crippen MR) is 113 cm³/mol. The van der Waals surface area contributed by atoms with Crippen LogP contribution in [-0.4, -0.2) is 21.2 Å². The number of anilines is 1. The van der Waals surface area contributed by atoms with Crippen LogP contribution in [0.2, 0.25) is 0 Å². The van der Waals surface area contributed by atoms with Crippen LogP contribution in [0, 0.1) is 26.2 Å². The van der Waals surface area contributed by atoms with Crippen molar-refractivity contribution >= 4 is 16.7 Å². The van der Waals surface area contributed by atoms with Crippen molar-refractivity contribution in [2.45, 2.75) is 44.4 Å². The van der Waals surface area contributed by atoms with Gasteiger partial charge in [-0.05, 0) is 43.9 Å². The Labute approximate surface area is 181 Å². The number of rotatable bonds is 5. The van der Waals surface area contributed by atoms with E-state index in [0.29, 0.717) is 29.6 Å². The lowest BCUT2D eigenvalue weighted by Gasteiger charge is -2.21. The number of pyridine rings is 1. The average Bonchev–Trinajstić information content (AvgIpc) is 3.52. The van der Waals surface area contributed by atoms with Gasteiger partial charge >= 0.3 is 6.18 Å². The summed E-state index contributed by atoms with van der Waals surface area (Å²) >= 11 is 0. The Bertz CT molecular complexity index is 1300. The Balaban J connectivity index is 1.83. The SMILES string of the molecule is C#C[C@@H](Nc1nc(C)nc2cc(=O)n(C3(CF)CC3)cc12)c1cccc(C(F)(F)F)c1C. The van der Waals surface area contributed by atoms with Crippen LogP contribution in [0.25, 0.3) is 10.9 Å². The number of hydrogen-bond donors (Lipinski definition) is 1. The number of nitrogens with zero attached hydrogens (tertiary/aromatic N) is 3. The quantitative estimate of drug-likeness (QED) is 0.459. The van der Waals surface area contributed by atoms with E-state index < -0.39 is 30.0 Å². The number of benzene rings is 1. The maximum absolute atomic E-state index is 13.6. The molecule has 1 atom stereocenters. The van der Waals surface area contributed by atoms with E-state index in [9.17, 15) is 22.4 Å². The summed E-state index contributed by atoms with van der Waals surface area (Å²) in [6.07, 6.45) is 3.74. The molecule has 1 aromatic carbocycles. The van der Waals surface area contributed by atoms with Gasteiger partial charge in [-0.15, -0.1) is 6.42 Å². The molecule has 3 aromatic rings. The molecule has 0 radical (unpaired) electrons. The molecular formula is C23H20F4N4O. The molecule has 1 saturated carbocycles. The zero-order chi connectivity index (χ0) is 23.3. The van der Waals surface area contributed by atoms with Gasteiger partial charge in [-0.3, -0.25) is 4.79 Å². The van der Waals surface area contributed by atoms with Crippen LogP contribution in [0.1, 0.15) is 41.4 Å². The van der Waals surface area contributed by atoms with Crippen molar-refractivity contribution < 1.29 is 17.6 Å². The fourth-order valence-electron chi connectivity index (χ4n) is 3.90. The molecule has 0 spiro atoms. The number of terminal acetylenes is 1. The van der Waals surface area contributed by atoms with Gasteiger partial charge in [0, 0.05) is 12.3 Å². The van der Waals surface area contributed by atoms with Crippen LogP contribution in [0.15, 0.2) is 35.3 Å². The fourth-order valence-corrected chi connectivity index (χ4v) is 3.90. The van der Waals surface area contributed by atoms with Crippen LogP contribution in [0.4, 0.5) is 23.4 Å². The summed E-state index contributed by atoms with van der Waals surface area (Å²) in [4.78, 5) is 21.2. The first kappa shape index (κ1) is 21.8. The summed E-state index contributed by atoms with van der Waals surface area (Å²) in [6.45, 7) is 2.31. The minimum Gasteiger partial charge on any atom is -0.352 e. The largest absolute Gasteiger partial charge is 0.416 e. The number of fused-ring (bicyclic) bond motifs is 1. The third-order valence-corrected chi connectivity index (χ3v) is 5.87. The summed E-state index contributed by atoms with van der Waals surface area (Å²) in [6, 6.07) is 4.21. The third kappa shape index (κ3) is 3.70. The average molecular weight is 444 g/mol. The zero-order valence-electron chi connectivity index (χ0n) is 17.4. The third-order valence-electron chi connectivity index (χ3n) is 5.87. The summed E-state index contributed by atoms with van der Waals surface area (Å²) < 4.78 is 55.0. The van der Waals surface area contributed by atoms with Crippen molar-refractivity contribution in [1.82, 2.24) is 14.5 Å². The smallest absolute Gasteiger partial charge is 0.352 e. The molecule has 166 valence electrons. The maximum Gasteiger partial charge on any atom is 0.416 e. The van der Waals surface area contributed by atoms with E-state index in [-0.39, 0.29) is 22.5 Å². The standard InChI is InChI=1S/C23H20F4N4O/c1-4-18(15-6-5-7-17(13(15)2)23(25,26)27)30-21-16-11-31(22(12-24)8-9-22)20(32)10-19(16)28-14(3)29-21/h1,5-7,10-11,18H,8-9,12H2,2-3H3,(H,28,29,30)/t18-/m1/s1. The first-order valence-electron chi connectivity index (χ1n) is 9.96. The summed E-state index contributed by atoms with van der Waals surface area (Å²) in [5.41, 5.74) is -1.38. The Morgan fingerprint density at radius 2 is 2.00 bits per heavy atom. The van der Waals surface area contributed by atoms with E-state index in [1.54, 1.807) is 6.92 Å². The lowest BCUT2D eigenvalue weighted by atomic mass is 9.96. The van der Waals surface area contributed by atoms with Gasteiger partial charge in [0.1, 0.15) is 24.4 Å². The number of halogens is 4. The van der Waals surface area contributed by atoms with Crippen LogP contribution < -0.4 is 10.9 Å². The highest BCUT2D eigenvalue weighted by Crippen LogP contribution is 2.43. The molecule has 0 saturated heterocycles. The first-order chi connectivity index (χ1) is 15.1. The summed E-state index contributed by atoms with van der Waals surface area (Å²) in [5, 5.41) is 3.45. The van der Waals surface area contributed by atoms with Crippen molar-refractivity contribution in [3.8, 4) is 12.3 Å². The van der Waals surface area contributed by atoms with Gasteiger partial charge in [-0.1, -0.05) is 18.1 Å². The Morgan fingerprint density at radius 3 is 2.59 bits per heavy atom. The maximum atomic E-state index is 13.6. The second-order valence-electron chi connectivity index (χ2n) is 8.02. The highest BCUT2D eigenvalue weighted by atomic mass is 19.4. The highest BCUT2D eigenvalue weighted by molar-refractivity contribution is 5.88. The van der Waals surface area contributed by atoms with Gasteiger partial charge in [-0.2, -0.15) is 13.2 Å². The van der Waals surface area contributed by atoms with Crippen molar-refractivity contribution in [3.63, 3.8) is 0 Å².